The molecule has 1 aromatic heterocycles. The molecule has 38 heavy (non-hydrogen) atoms. The first-order chi connectivity index (χ1) is 18.3. The second-order valence-electron chi connectivity index (χ2n) is 8.75. The Labute approximate surface area is 233 Å². The van der Waals surface area contributed by atoms with Gasteiger partial charge in [-0.05, 0) is 78.3 Å². The number of rotatable bonds is 13. The highest BCUT2D eigenvalue weighted by Crippen LogP contribution is 2.39. The zero-order chi connectivity index (χ0) is 27.2. The average Bonchev–Trinajstić information content (AvgIpc) is 3.58. The van der Waals surface area contributed by atoms with Gasteiger partial charge in [-0.25, -0.2) is 4.79 Å². The summed E-state index contributed by atoms with van der Waals surface area (Å²) in [6, 6.07) is 11.0. The summed E-state index contributed by atoms with van der Waals surface area (Å²) in [6.45, 7) is -2.98. The number of carbonyl (C=O) groups excluding carboxylic acids is 1. The Morgan fingerprint density at radius 2 is 1.84 bits per heavy atom. The second kappa shape index (κ2) is 13.0. The fraction of sp³-hybridized carbons (Fsp3) is 0.370. The highest BCUT2D eigenvalue weighted by atomic mass is 35.5. The molecule has 0 saturated heterocycles. The van der Waals surface area contributed by atoms with Gasteiger partial charge in [0.25, 0.3) is 0 Å². The summed E-state index contributed by atoms with van der Waals surface area (Å²) >= 11 is 14.1. The Bertz CT molecular complexity index is 1240. The van der Waals surface area contributed by atoms with Crippen molar-refractivity contribution in [3.8, 4) is 16.6 Å². The molecule has 204 valence electrons. The van der Waals surface area contributed by atoms with E-state index in [0.717, 1.165) is 24.2 Å². The number of methoxy groups -OCH3 is 1. The first kappa shape index (κ1) is 28.4. The molecule has 0 amide bonds. The van der Waals surface area contributed by atoms with Gasteiger partial charge in [0, 0.05) is 16.5 Å². The van der Waals surface area contributed by atoms with Gasteiger partial charge in [-0.1, -0.05) is 40.6 Å². The summed E-state index contributed by atoms with van der Waals surface area (Å²) in [7, 11) is 1.50. The highest BCUT2D eigenvalue weighted by molar-refractivity contribution is 7.15. The maximum absolute atomic E-state index is 13.1. The number of halogens is 4. The Morgan fingerprint density at radius 3 is 2.45 bits per heavy atom. The third-order valence-electron chi connectivity index (χ3n) is 5.94. The fourth-order valence-electron chi connectivity index (χ4n) is 3.78. The van der Waals surface area contributed by atoms with Crippen LogP contribution in [0, 0.1) is 5.92 Å². The number of benzene rings is 2. The number of hydrogen-bond donors (Lipinski definition) is 0. The van der Waals surface area contributed by atoms with Gasteiger partial charge in [0.1, 0.15) is 11.0 Å². The van der Waals surface area contributed by atoms with Crippen LogP contribution >= 0.6 is 34.5 Å². The SMILES string of the molecule is COc1ccc(C(=O)O[C@@H](Cc2c(Cl)cc(CC[O-])cc2Cl)c2ccc(OC(F)F)c(OCC3CC3)c2)s1. The van der Waals surface area contributed by atoms with E-state index in [1.807, 2.05) is 0 Å². The minimum atomic E-state index is -3.03. The molecule has 3 aromatic rings. The van der Waals surface area contributed by atoms with Crippen LogP contribution in [0.25, 0.3) is 0 Å². The van der Waals surface area contributed by atoms with Crippen LogP contribution in [0.4, 0.5) is 8.78 Å². The van der Waals surface area contributed by atoms with Crippen molar-refractivity contribution in [3.05, 3.63) is 74.1 Å². The maximum atomic E-state index is 13.1. The van der Waals surface area contributed by atoms with Gasteiger partial charge in [-0.15, -0.1) is 6.61 Å². The van der Waals surface area contributed by atoms with Crippen LogP contribution in [0.15, 0.2) is 42.5 Å². The van der Waals surface area contributed by atoms with Gasteiger partial charge in [0.2, 0.25) is 0 Å². The van der Waals surface area contributed by atoms with E-state index in [4.69, 9.17) is 37.4 Å². The van der Waals surface area contributed by atoms with E-state index in [-0.39, 0.29) is 30.9 Å². The lowest BCUT2D eigenvalue weighted by Gasteiger charge is -2.22. The Balaban J connectivity index is 1.68. The Kier molecular flexibility index (Phi) is 9.70. The number of thiophene rings is 1. The molecule has 0 bridgehead atoms. The van der Waals surface area contributed by atoms with Crippen molar-refractivity contribution in [2.45, 2.75) is 38.4 Å². The van der Waals surface area contributed by atoms with Crippen molar-refractivity contribution < 1.29 is 37.6 Å². The van der Waals surface area contributed by atoms with Gasteiger partial charge >= 0.3 is 12.6 Å². The van der Waals surface area contributed by atoms with Crippen molar-refractivity contribution in [1.82, 2.24) is 0 Å². The number of alkyl halides is 2. The van der Waals surface area contributed by atoms with Crippen molar-refractivity contribution in [3.63, 3.8) is 0 Å². The topological polar surface area (TPSA) is 77.1 Å². The van der Waals surface area contributed by atoms with E-state index in [2.05, 4.69) is 4.74 Å². The van der Waals surface area contributed by atoms with Crippen molar-refractivity contribution in [2.75, 3.05) is 20.3 Å². The molecule has 6 nitrogen and oxygen atoms in total. The van der Waals surface area contributed by atoms with Crippen molar-refractivity contribution in [2.24, 2.45) is 5.92 Å². The third kappa shape index (κ3) is 7.50. The molecule has 1 heterocycles. The van der Waals surface area contributed by atoms with Gasteiger partial charge in [-0.3, -0.25) is 0 Å². The Hall–Kier alpha value is -2.59. The van der Waals surface area contributed by atoms with Crippen LogP contribution in [0.5, 0.6) is 16.6 Å². The van der Waals surface area contributed by atoms with Gasteiger partial charge in [-0.2, -0.15) is 8.78 Å². The van der Waals surface area contributed by atoms with Gasteiger partial charge in [0.15, 0.2) is 16.6 Å². The van der Waals surface area contributed by atoms with E-state index in [9.17, 15) is 18.7 Å². The van der Waals surface area contributed by atoms with Crippen LogP contribution in [0.3, 0.4) is 0 Å². The molecule has 0 aliphatic heterocycles. The first-order valence-electron chi connectivity index (χ1n) is 11.9. The fourth-order valence-corrected chi connectivity index (χ4v) is 5.17. The summed E-state index contributed by atoms with van der Waals surface area (Å²) in [5, 5.41) is 12.2. The first-order valence-corrected chi connectivity index (χ1v) is 13.5. The van der Waals surface area contributed by atoms with Gasteiger partial charge in [0.05, 0.1) is 13.7 Å². The maximum Gasteiger partial charge on any atom is 0.387 e. The lowest BCUT2D eigenvalue weighted by Crippen LogP contribution is -2.15. The number of carbonyl (C=O) groups is 1. The summed E-state index contributed by atoms with van der Waals surface area (Å²) < 4.78 is 47.5. The number of ether oxygens (including phenoxy) is 4. The zero-order valence-corrected chi connectivity index (χ0v) is 22.7. The lowest BCUT2D eigenvalue weighted by molar-refractivity contribution is -0.366. The molecule has 0 radical (unpaired) electrons. The van der Waals surface area contributed by atoms with Crippen LogP contribution in [0.1, 0.15) is 45.3 Å². The predicted octanol–water partition coefficient (Wildman–Crippen LogP) is 6.50. The molecule has 1 atom stereocenters. The van der Waals surface area contributed by atoms with Gasteiger partial charge < -0.3 is 24.1 Å². The largest absolute Gasteiger partial charge is 0.854 e. The summed E-state index contributed by atoms with van der Waals surface area (Å²) in [4.78, 5) is 13.4. The summed E-state index contributed by atoms with van der Waals surface area (Å²) in [5.41, 5.74) is 1.69. The number of esters is 1. The normalized spacial score (nSPS) is 13.9. The Morgan fingerprint density at radius 1 is 1.11 bits per heavy atom. The minimum Gasteiger partial charge on any atom is -0.854 e. The molecule has 1 aliphatic rings. The number of hydrogen-bond acceptors (Lipinski definition) is 7. The van der Waals surface area contributed by atoms with Crippen molar-refractivity contribution >= 4 is 40.5 Å². The molecule has 0 unspecified atom stereocenters. The zero-order valence-electron chi connectivity index (χ0n) is 20.4. The standard InChI is InChI=1S/C27H25Cl2F2O6S/c1-34-25-7-6-24(38-25)26(33)36-22(13-18-19(28)10-16(8-9-32)11-20(18)29)17-4-5-21(37-27(30)31)23(12-17)35-14-15-2-3-15/h4-7,10-12,15,22,27H,2-3,8-9,13-14H2,1H3/q-1/t22-/m0/s1. The molecule has 0 N–H and O–H groups in total. The summed E-state index contributed by atoms with van der Waals surface area (Å²) in [5.74, 6) is -0.232. The van der Waals surface area contributed by atoms with E-state index in [1.54, 1.807) is 24.3 Å². The molecule has 0 spiro atoms. The predicted molar refractivity (Wildman–Crippen MR) is 139 cm³/mol. The highest BCUT2D eigenvalue weighted by Gasteiger charge is 2.26. The monoisotopic (exact) mass is 585 g/mol. The minimum absolute atomic E-state index is 0.0840. The van der Waals surface area contributed by atoms with Crippen LogP contribution in [-0.2, 0) is 17.6 Å². The molecule has 1 aliphatic carbocycles. The van der Waals surface area contributed by atoms with Crippen LogP contribution in [0.2, 0.25) is 10.0 Å². The van der Waals surface area contributed by atoms with Crippen LogP contribution < -0.4 is 19.3 Å². The molecule has 1 saturated carbocycles. The van der Waals surface area contributed by atoms with E-state index < -0.39 is 18.7 Å². The molecular weight excluding hydrogens is 561 g/mol. The van der Waals surface area contributed by atoms with Crippen LogP contribution in [-0.4, -0.2) is 32.9 Å². The summed E-state index contributed by atoms with van der Waals surface area (Å²) in [6.07, 6.45) is 1.47. The quantitative estimate of drug-likeness (QED) is 0.213. The molecular formula is C27H25Cl2F2O6S-. The van der Waals surface area contributed by atoms with E-state index >= 15 is 0 Å². The van der Waals surface area contributed by atoms with E-state index in [1.165, 1.54) is 25.3 Å². The van der Waals surface area contributed by atoms with Crippen molar-refractivity contribution in [1.29, 1.82) is 0 Å². The third-order valence-corrected chi connectivity index (χ3v) is 7.64. The molecule has 2 aromatic carbocycles. The average molecular weight is 586 g/mol. The molecule has 11 heteroatoms. The molecule has 4 rings (SSSR count). The van der Waals surface area contributed by atoms with E-state index in [0.29, 0.717) is 49.2 Å². The lowest BCUT2D eigenvalue weighted by atomic mass is 9.99. The molecule has 1 fully saturated rings. The second-order valence-corrected chi connectivity index (χ2v) is 10.6. The smallest absolute Gasteiger partial charge is 0.387 e.